The summed E-state index contributed by atoms with van der Waals surface area (Å²) in [5.41, 5.74) is 4.55. The predicted molar refractivity (Wildman–Crippen MR) is 40.3 cm³/mol. The summed E-state index contributed by atoms with van der Waals surface area (Å²) in [6, 6.07) is 1.12. The lowest BCUT2D eigenvalue weighted by molar-refractivity contribution is 0.180. The molecule has 1 atom stereocenters. The van der Waals surface area contributed by atoms with Crippen molar-refractivity contribution >= 4 is 0 Å². The summed E-state index contributed by atoms with van der Waals surface area (Å²) < 4.78 is 38.0. The third kappa shape index (κ3) is 1.99. The molecule has 0 saturated heterocycles. The Morgan fingerprint density at radius 3 is 2.46 bits per heavy atom. The average molecular weight is 191 g/mol. The zero-order valence-corrected chi connectivity index (χ0v) is 6.60. The van der Waals surface area contributed by atoms with Gasteiger partial charge in [-0.15, -0.1) is 0 Å². The molecule has 0 saturated carbocycles. The Bertz CT molecular complexity index is 317. The zero-order chi connectivity index (χ0) is 10.0. The fraction of sp³-hybridized carbons (Fsp3) is 0.250. The molecule has 2 nitrogen and oxygen atoms in total. The number of hydrogen-bond acceptors (Lipinski definition) is 2. The average Bonchev–Trinajstić information content (AvgIpc) is 2.10. The largest absolute Gasteiger partial charge is 0.387 e. The predicted octanol–water partition coefficient (Wildman–Crippen LogP) is 1.10. The summed E-state index contributed by atoms with van der Waals surface area (Å²) in [7, 11) is 0. The van der Waals surface area contributed by atoms with E-state index in [-0.39, 0.29) is 6.54 Å². The third-order valence-corrected chi connectivity index (χ3v) is 1.60. The topological polar surface area (TPSA) is 46.2 Å². The molecule has 0 aliphatic rings. The van der Waals surface area contributed by atoms with Crippen molar-refractivity contribution in [2.75, 3.05) is 6.54 Å². The van der Waals surface area contributed by atoms with E-state index in [1.165, 1.54) is 0 Å². The number of aliphatic hydroxyl groups is 1. The van der Waals surface area contributed by atoms with Gasteiger partial charge in [-0.25, -0.2) is 13.2 Å². The van der Waals surface area contributed by atoms with E-state index in [9.17, 15) is 13.2 Å². The minimum Gasteiger partial charge on any atom is -0.387 e. The first-order valence-corrected chi connectivity index (χ1v) is 3.59. The Morgan fingerprint density at radius 2 is 1.92 bits per heavy atom. The molecule has 0 aliphatic carbocycles. The van der Waals surface area contributed by atoms with Crippen LogP contribution in [-0.2, 0) is 0 Å². The number of halogens is 3. The van der Waals surface area contributed by atoms with Crippen molar-refractivity contribution in [3.63, 3.8) is 0 Å². The molecule has 0 unspecified atom stereocenters. The monoisotopic (exact) mass is 191 g/mol. The summed E-state index contributed by atoms with van der Waals surface area (Å²) in [6.45, 7) is -0.292. The van der Waals surface area contributed by atoms with E-state index < -0.39 is 29.1 Å². The van der Waals surface area contributed by atoms with Crippen molar-refractivity contribution in [3.8, 4) is 0 Å². The van der Waals surface area contributed by atoms with Crippen LogP contribution in [0.5, 0.6) is 0 Å². The van der Waals surface area contributed by atoms with Crippen LogP contribution in [0.3, 0.4) is 0 Å². The van der Waals surface area contributed by atoms with E-state index >= 15 is 0 Å². The van der Waals surface area contributed by atoms with Gasteiger partial charge >= 0.3 is 0 Å². The van der Waals surface area contributed by atoms with Gasteiger partial charge in [0.2, 0.25) is 0 Å². The van der Waals surface area contributed by atoms with Crippen LogP contribution < -0.4 is 5.73 Å². The van der Waals surface area contributed by atoms with Crippen molar-refractivity contribution in [2.45, 2.75) is 6.10 Å². The maximum absolute atomic E-state index is 12.9. The highest BCUT2D eigenvalue weighted by molar-refractivity contribution is 5.22. The van der Waals surface area contributed by atoms with Crippen molar-refractivity contribution < 1.29 is 18.3 Å². The summed E-state index contributed by atoms with van der Waals surface area (Å²) in [5, 5.41) is 9.06. The quantitative estimate of drug-likeness (QED) is 0.687. The lowest BCUT2D eigenvalue weighted by Gasteiger charge is -2.09. The standard InChI is InChI=1S/C8H8F3NO/c9-4-1-5(7(13)3-12)8(11)6(10)2-4/h1-2,7,13H,3,12H2/t7-/m0/s1. The molecule has 0 amide bonds. The first-order valence-electron chi connectivity index (χ1n) is 3.59. The van der Waals surface area contributed by atoms with Crippen molar-refractivity contribution in [1.82, 2.24) is 0 Å². The zero-order valence-electron chi connectivity index (χ0n) is 6.60. The van der Waals surface area contributed by atoms with Crippen LogP contribution >= 0.6 is 0 Å². The molecule has 72 valence electrons. The van der Waals surface area contributed by atoms with Gasteiger partial charge in [-0.05, 0) is 6.07 Å². The van der Waals surface area contributed by atoms with Gasteiger partial charge in [0, 0.05) is 18.2 Å². The highest BCUT2D eigenvalue weighted by atomic mass is 19.2. The van der Waals surface area contributed by atoms with Crippen LogP contribution in [-0.4, -0.2) is 11.7 Å². The smallest absolute Gasteiger partial charge is 0.164 e. The van der Waals surface area contributed by atoms with Gasteiger partial charge in [-0.2, -0.15) is 0 Å². The lowest BCUT2D eigenvalue weighted by Crippen LogP contribution is -2.14. The minimum atomic E-state index is -1.38. The summed E-state index contributed by atoms with van der Waals surface area (Å²) in [6.07, 6.45) is -1.38. The summed E-state index contributed by atoms with van der Waals surface area (Å²) in [5.74, 6) is -3.54. The normalized spacial score (nSPS) is 13.0. The second-order valence-corrected chi connectivity index (χ2v) is 2.54. The molecule has 13 heavy (non-hydrogen) atoms. The number of nitrogens with two attached hydrogens (primary N) is 1. The molecule has 0 fully saturated rings. The Labute approximate surface area is 72.8 Å². The molecular weight excluding hydrogens is 183 g/mol. The van der Waals surface area contributed by atoms with E-state index in [0.29, 0.717) is 6.07 Å². The maximum atomic E-state index is 12.9. The molecule has 0 bridgehead atoms. The number of benzene rings is 1. The molecule has 0 heterocycles. The second kappa shape index (κ2) is 3.76. The SMILES string of the molecule is NC[C@H](O)c1cc(F)cc(F)c1F. The van der Waals surface area contributed by atoms with Crippen LogP contribution in [0.4, 0.5) is 13.2 Å². The van der Waals surface area contributed by atoms with E-state index in [4.69, 9.17) is 10.8 Å². The Hall–Kier alpha value is -1.07. The first kappa shape index (κ1) is 10.0. The molecule has 0 aliphatic heterocycles. The molecule has 1 aromatic rings. The summed E-state index contributed by atoms with van der Waals surface area (Å²) >= 11 is 0. The van der Waals surface area contributed by atoms with Crippen LogP contribution in [0, 0.1) is 17.5 Å². The van der Waals surface area contributed by atoms with Gasteiger partial charge < -0.3 is 10.8 Å². The number of hydrogen-bond donors (Lipinski definition) is 2. The number of aliphatic hydroxyl groups excluding tert-OH is 1. The second-order valence-electron chi connectivity index (χ2n) is 2.54. The van der Waals surface area contributed by atoms with E-state index in [1.807, 2.05) is 0 Å². The van der Waals surface area contributed by atoms with Crippen LogP contribution in [0.25, 0.3) is 0 Å². The third-order valence-electron chi connectivity index (χ3n) is 1.60. The highest BCUT2D eigenvalue weighted by Gasteiger charge is 2.16. The van der Waals surface area contributed by atoms with Gasteiger partial charge in [0.1, 0.15) is 5.82 Å². The lowest BCUT2D eigenvalue weighted by atomic mass is 10.1. The number of rotatable bonds is 2. The molecule has 3 N–H and O–H groups in total. The fourth-order valence-corrected chi connectivity index (χ4v) is 0.945. The molecule has 1 rings (SSSR count). The van der Waals surface area contributed by atoms with Gasteiger partial charge in [0.05, 0.1) is 6.10 Å². The molecule has 5 heteroatoms. The molecule has 1 aromatic carbocycles. The maximum Gasteiger partial charge on any atom is 0.164 e. The molecule has 0 radical (unpaired) electrons. The first-order chi connectivity index (χ1) is 6.06. The molecule has 0 spiro atoms. The highest BCUT2D eigenvalue weighted by Crippen LogP contribution is 2.20. The van der Waals surface area contributed by atoms with E-state index in [1.54, 1.807) is 0 Å². The van der Waals surface area contributed by atoms with Crippen LogP contribution in [0.2, 0.25) is 0 Å². The van der Waals surface area contributed by atoms with Gasteiger partial charge in [0.15, 0.2) is 11.6 Å². The van der Waals surface area contributed by atoms with Gasteiger partial charge in [0.25, 0.3) is 0 Å². The van der Waals surface area contributed by atoms with Crippen LogP contribution in [0.1, 0.15) is 11.7 Å². The minimum absolute atomic E-state index is 0.292. The Balaban J connectivity index is 3.20. The Morgan fingerprint density at radius 1 is 1.31 bits per heavy atom. The van der Waals surface area contributed by atoms with E-state index in [0.717, 1.165) is 6.07 Å². The van der Waals surface area contributed by atoms with Crippen molar-refractivity contribution in [1.29, 1.82) is 0 Å². The van der Waals surface area contributed by atoms with Crippen LogP contribution in [0.15, 0.2) is 12.1 Å². The summed E-state index contributed by atoms with van der Waals surface area (Å²) in [4.78, 5) is 0. The molecule has 0 aromatic heterocycles. The fourth-order valence-electron chi connectivity index (χ4n) is 0.945. The van der Waals surface area contributed by atoms with Gasteiger partial charge in [-0.1, -0.05) is 0 Å². The van der Waals surface area contributed by atoms with Gasteiger partial charge in [-0.3, -0.25) is 0 Å². The molecular formula is C8H8F3NO. The van der Waals surface area contributed by atoms with E-state index in [2.05, 4.69) is 0 Å². The van der Waals surface area contributed by atoms with Crippen molar-refractivity contribution in [2.24, 2.45) is 5.73 Å². The van der Waals surface area contributed by atoms with Crippen molar-refractivity contribution in [3.05, 3.63) is 35.1 Å². The Kier molecular flexibility index (Phi) is 2.90.